The maximum atomic E-state index is 11.7. The van der Waals surface area contributed by atoms with Gasteiger partial charge in [0.15, 0.2) is 9.84 Å². The van der Waals surface area contributed by atoms with Crippen molar-refractivity contribution in [3.05, 3.63) is 0 Å². The normalized spacial score (nSPS) is 15.8. The molecule has 0 amide bonds. The molecule has 2 nitrogen and oxygen atoms in total. The fraction of sp³-hybridized carbons (Fsp3) is 1.00. The lowest BCUT2D eigenvalue weighted by atomic mass is 10.4. The van der Waals surface area contributed by atoms with Gasteiger partial charge in [-0.1, -0.05) is 6.92 Å². The Labute approximate surface area is 76.1 Å². The van der Waals surface area contributed by atoms with Crippen LogP contribution < -0.4 is 0 Å². The summed E-state index contributed by atoms with van der Waals surface area (Å²) < 4.78 is 57.3. The molecule has 0 aromatic carbocycles. The van der Waals surface area contributed by atoms with Crippen molar-refractivity contribution in [3.63, 3.8) is 0 Å². The first-order chi connectivity index (χ1) is 5.69. The summed E-state index contributed by atoms with van der Waals surface area (Å²) in [4.78, 5) is 0. The van der Waals surface area contributed by atoms with E-state index in [-0.39, 0.29) is 0 Å². The summed E-state index contributed by atoms with van der Waals surface area (Å²) in [6.07, 6.45) is -5.29. The molecule has 0 aromatic heterocycles. The molecule has 0 aliphatic rings. The van der Waals surface area contributed by atoms with Gasteiger partial charge in [-0.2, -0.15) is 13.2 Å². The predicted molar refractivity (Wildman–Crippen MR) is 44.2 cm³/mol. The van der Waals surface area contributed by atoms with Crippen LogP contribution in [0.2, 0.25) is 0 Å². The molecule has 0 spiro atoms. The summed E-state index contributed by atoms with van der Waals surface area (Å²) in [5, 5.41) is -0.685. The van der Waals surface area contributed by atoms with E-state index in [9.17, 15) is 21.6 Å². The molecule has 13 heavy (non-hydrogen) atoms. The molecule has 0 heterocycles. The lowest BCUT2D eigenvalue weighted by molar-refractivity contribution is -0.129. The molecule has 0 bridgehead atoms. The average molecular weight is 218 g/mol. The fourth-order valence-corrected chi connectivity index (χ4v) is 2.14. The largest absolute Gasteiger partial charge is 0.390 e. The van der Waals surface area contributed by atoms with Crippen molar-refractivity contribution < 1.29 is 21.6 Å². The number of alkyl halides is 3. The summed E-state index contributed by atoms with van der Waals surface area (Å²) >= 11 is 0. The molecule has 6 heteroatoms. The number of halogens is 3. The number of hydrogen-bond donors (Lipinski definition) is 0. The topological polar surface area (TPSA) is 34.1 Å². The first kappa shape index (κ1) is 12.7. The molecular formula is C7H13F3O2S. The minimum Gasteiger partial charge on any atom is -0.229 e. The second-order valence-electron chi connectivity index (χ2n) is 2.95. The van der Waals surface area contributed by atoms with Crippen LogP contribution in [0.3, 0.4) is 0 Å². The molecule has 1 atom stereocenters. The second-order valence-corrected chi connectivity index (χ2v) is 5.49. The Balaban J connectivity index is 4.21. The molecule has 0 radical (unpaired) electrons. The van der Waals surface area contributed by atoms with Crippen molar-refractivity contribution in [2.75, 3.05) is 5.75 Å². The van der Waals surface area contributed by atoms with Gasteiger partial charge in [-0.25, -0.2) is 8.42 Å². The number of rotatable bonds is 4. The molecule has 0 aliphatic heterocycles. The molecular weight excluding hydrogens is 205 g/mol. The van der Waals surface area contributed by atoms with Gasteiger partial charge in [0.25, 0.3) is 0 Å². The van der Waals surface area contributed by atoms with Gasteiger partial charge >= 0.3 is 6.18 Å². The monoisotopic (exact) mass is 218 g/mol. The van der Waals surface area contributed by atoms with Gasteiger partial charge < -0.3 is 0 Å². The summed E-state index contributed by atoms with van der Waals surface area (Å²) in [6.45, 7) is 3.06. The van der Waals surface area contributed by atoms with Crippen LogP contribution in [-0.4, -0.2) is 25.6 Å². The van der Waals surface area contributed by atoms with E-state index in [0.29, 0.717) is 6.42 Å². The van der Waals surface area contributed by atoms with Crippen LogP contribution in [0.15, 0.2) is 0 Å². The van der Waals surface area contributed by atoms with Crippen molar-refractivity contribution in [3.8, 4) is 0 Å². The summed E-state index contributed by atoms with van der Waals surface area (Å²) in [5.41, 5.74) is 0. The van der Waals surface area contributed by atoms with Crippen LogP contribution in [0.5, 0.6) is 0 Å². The Morgan fingerprint density at radius 3 is 2.08 bits per heavy atom. The smallest absolute Gasteiger partial charge is 0.229 e. The van der Waals surface area contributed by atoms with E-state index in [1.54, 1.807) is 6.92 Å². The average Bonchev–Trinajstić information content (AvgIpc) is 1.98. The third-order valence-electron chi connectivity index (χ3n) is 1.86. The first-order valence-corrected chi connectivity index (χ1v) is 5.69. The maximum absolute atomic E-state index is 11.7. The van der Waals surface area contributed by atoms with E-state index in [0.717, 1.165) is 0 Å². The highest BCUT2D eigenvalue weighted by Gasteiger charge is 2.31. The number of hydrogen-bond acceptors (Lipinski definition) is 2. The predicted octanol–water partition coefficient (Wildman–Crippen LogP) is 2.15. The Hall–Kier alpha value is -0.260. The molecule has 0 fully saturated rings. The Bertz CT molecular complexity index is 243. The highest BCUT2D eigenvalue weighted by Crippen LogP contribution is 2.21. The molecule has 0 aliphatic carbocycles. The molecule has 80 valence electrons. The van der Waals surface area contributed by atoms with Crippen LogP contribution >= 0.6 is 0 Å². The standard InChI is InChI=1S/C7H13F3O2S/c1-3-6(2)13(11,12)5-4-7(8,9)10/h6H,3-5H2,1-2H3. The lowest BCUT2D eigenvalue weighted by Crippen LogP contribution is -2.24. The highest BCUT2D eigenvalue weighted by molar-refractivity contribution is 7.91. The van der Waals surface area contributed by atoms with Gasteiger partial charge in [-0.15, -0.1) is 0 Å². The maximum Gasteiger partial charge on any atom is 0.390 e. The van der Waals surface area contributed by atoms with Crippen LogP contribution in [0.25, 0.3) is 0 Å². The zero-order chi connectivity index (χ0) is 10.7. The summed E-state index contributed by atoms with van der Waals surface area (Å²) in [5.74, 6) is -0.800. The second kappa shape index (κ2) is 4.30. The van der Waals surface area contributed by atoms with Gasteiger partial charge in [0.1, 0.15) is 0 Å². The first-order valence-electron chi connectivity index (χ1n) is 3.97. The molecule has 0 rings (SSSR count). The lowest BCUT2D eigenvalue weighted by Gasteiger charge is -2.11. The Morgan fingerprint density at radius 1 is 1.31 bits per heavy atom. The van der Waals surface area contributed by atoms with Gasteiger partial charge in [0.2, 0.25) is 0 Å². The van der Waals surface area contributed by atoms with E-state index in [4.69, 9.17) is 0 Å². The van der Waals surface area contributed by atoms with E-state index in [1.807, 2.05) is 0 Å². The van der Waals surface area contributed by atoms with Gasteiger partial charge in [0, 0.05) is 0 Å². The summed E-state index contributed by atoms with van der Waals surface area (Å²) in [6, 6.07) is 0. The van der Waals surface area contributed by atoms with Crippen molar-refractivity contribution in [2.45, 2.75) is 38.1 Å². The van der Waals surface area contributed by atoms with E-state index >= 15 is 0 Å². The van der Waals surface area contributed by atoms with Gasteiger partial charge in [-0.05, 0) is 13.3 Å². The Morgan fingerprint density at radius 2 is 1.77 bits per heavy atom. The Kier molecular flexibility index (Phi) is 4.22. The third-order valence-corrected chi connectivity index (χ3v) is 4.19. The minimum atomic E-state index is -4.39. The van der Waals surface area contributed by atoms with E-state index in [2.05, 4.69) is 0 Å². The van der Waals surface area contributed by atoms with Crippen molar-refractivity contribution >= 4 is 9.84 Å². The molecule has 0 N–H and O–H groups in total. The zero-order valence-electron chi connectivity index (χ0n) is 7.56. The quantitative estimate of drug-likeness (QED) is 0.724. The van der Waals surface area contributed by atoms with Gasteiger partial charge in [0.05, 0.1) is 17.4 Å². The SMILES string of the molecule is CCC(C)S(=O)(=O)CCC(F)(F)F. The van der Waals surface area contributed by atoms with E-state index in [1.165, 1.54) is 6.92 Å². The number of sulfone groups is 1. The highest BCUT2D eigenvalue weighted by atomic mass is 32.2. The zero-order valence-corrected chi connectivity index (χ0v) is 8.37. The van der Waals surface area contributed by atoms with Crippen LogP contribution in [0, 0.1) is 0 Å². The molecule has 1 unspecified atom stereocenters. The van der Waals surface area contributed by atoms with Crippen molar-refractivity contribution in [1.29, 1.82) is 0 Å². The van der Waals surface area contributed by atoms with E-state index < -0.39 is 33.4 Å². The molecule has 0 saturated heterocycles. The van der Waals surface area contributed by atoms with Crippen molar-refractivity contribution in [1.82, 2.24) is 0 Å². The summed E-state index contributed by atoms with van der Waals surface area (Å²) in [7, 11) is -3.56. The molecule has 0 saturated carbocycles. The van der Waals surface area contributed by atoms with Crippen LogP contribution in [0.4, 0.5) is 13.2 Å². The molecule has 0 aromatic rings. The van der Waals surface area contributed by atoms with Crippen LogP contribution in [0.1, 0.15) is 26.7 Å². The fourth-order valence-electron chi connectivity index (χ4n) is 0.713. The van der Waals surface area contributed by atoms with Gasteiger partial charge in [-0.3, -0.25) is 0 Å². The van der Waals surface area contributed by atoms with Crippen molar-refractivity contribution in [2.24, 2.45) is 0 Å². The minimum absolute atomic E-state index is 0.347. The van der Waals surface area contributed by atoms with Crippen LogP contribution in [-0.2, 0) is 9.84 Å². The third kappa shape index (κ3) is 5.13.